The summed E-state index contributed by atoms with van der Waals surface area (Å²) < 4.78 is 0. The Bertz CT molecular complexity index is 1480. The molecule has 2 amide bonds. The highest BCUT2D eigenvalue weighted by Crippen LogP contribution is 2.46. The van der Waals surface area contributed by atoms with Crippen LogP contribution in [-0.4, -0.2) is 40.5 Å². The maximum Gasteiger partial charge on any atom is 0.254 e. The lowest BCUT2D eigenvalue weighted by Crippen LogP contribution is -2.52. The summed E-state index contributed by atoms with van der Waals surface area (Å²) in [5.41, 5.74) is 4.43. The van der Waals surface area contributed by atoms with E-state index in [1.807, 2.05) is 89.8 Å². The SMILES string of the molecule is O=C(NCC(c1ccccc1)c1ccccc1)[C@@H]1c2ccccc2C(=O)N([C@H]2CC[C@H](O)CC2)[C@H]1c1ccc(Cl)cc1. The van der Waals surface area contributed by atoms with Crippen molar-refractivity contribution in [1.82, 2.24) is 10.2 Å². The summed E-state index contributed by atoms with van der Waals surface area (Å²) in [4.78, 5) is 30.5. The van der Waals surface area contributed by atoms with Gasteiger partial charge in [0, 0.05) is 29.1 Å². The van der Waals surface area contributed by atoms with E-state index in [-0.39, 0.29) is 29.9 Å². The van der Waals surface area contributed by atoms with Gasteiger partial charge < -0.3 is 15.3 Å². The summed E-state index contributed by atoms with van der Waals surface area (Å²) >= 11 is 6.27. The molecule has 6 heteroatoms. The van der Waals surface area contributed by atoms with E-state index in [9.17, 15) is 14.7 Å². The van der Waals surface area contributed by atoms with Crippen molar-refractivity contribution in [2.24, 2.45) is 0 Å². The molecule has 0 bridgehead atoms. The molecule has 214 valence electrons. The topological polar surface area (TPSA) is 69.6 Å². The first-order valence-electron chi connectivity index (χ1n) is 14.7. The van der Waals surface area contributed by atoms with Crippen molar-refractivity contribution < 1.29 is 14.7 Å². The highest BCUT2D eigenvalue weighted by molar-refractivity contribution is 6.30. The third-order valence-corrected chi connectivity index (χ3v) is 9.07. The second-order valence-electron chi connectivity index (χ2n) is 11.4. The fourth-order valence-corrected chi connectivity index (χ4v) is 6.82. The minimum atomic E-state index is -0.612. The third-order valence-electron chi connectivity index (χ3n) is 8.81. The van der Waals surface area contributed by atoms with Crippen molar-refractivity contribution in [3.8, 4) is 0 Å². The fraction of sp³-hybridized carbons (Fsp3) is 0.278. The molecule has 1 aliphatic carbocycles. The Morgan fingerprint density at radius 1 is 0.810 bits per heavy atom. The summed E-state index contributed by atoms with van der Waals surface area (Å²) in [6, 6.07) is 34.8. The van der Waals surface area contributed by atoms with Crippen LogP contribution >= 0.6 is 11.6 Å². The summed E-state index contributed by atoms with van der Waals surface area (Å²) in [6.07, 6.45) is 2.30. The number of rotatable bonds is 7. The van der Waals surface area contributed by atoms with Crippen LogP contribution in [0.25, 0.3) is 0 Å². The molecule has 2 N–H and O–H groups in total. The highest BCUT2D eigenvalue weighted by Gasteiger charge is 2.47. The molecular weight excluding hydrogens is 544 g/mol. The van der Waals surface area contributed by atoms with E-state index in [2.05, 4.69) is 29.6 Å². The van der Waals surface area contributed by atoms with Crippen LogP contribution in [0.4, 0.5) is 0 Å². The van der Waals surface area contributed by atoms with Gasteiger partial charge in [-0.15, -0.1) is 0 Å². The second kappa shape index (κ2) is 12.5. The number of nitrogens with one attached hydrogen (secondary N) is 1. The van der Waals surface area contributed by atoms with Crippen molar-refractivity contribution in [1.29, 1.82) is 0 Å². The largest absolute Gasteiger partial charge is 0.393 e. The van der Waals surface area contributed by atoms with Gasteiger partial charge >= 0.3 is 0 Å². The molecule has 1 heterocycles. The number of hydrogen-bond donors (Lipinski definition) is 2. The molecule has 0 radical (unpaired) electrons. The molecule has 0 spiro atoms. The number of carbonyl (C=O) groups is 2. The van der Waals surface area contributed by atoms with Crippen LogP contribution in [0.5, 0.6) is 0 Å². The molecule has 1 aliphatic heterocycles. The lowest BCUT2D eigenvalue weighted by molar-refractivity contribution is -0.124. The van der Waals surface area contributed by atoms with E-state index in [1.54, 1.807) is 0 Å². The molecule has 1 saturated carbocycles. The molecule has 5 nitrogen and oxygen atoms in total. The van der Waals surface area contributed by atoms with E-state index in [1.165, 1.54) is 0 Å². The van der Waals surface area contributed by atoms with Crippen LogP contribution in [-0.2, 0) is 4.79 Å². The number of fused-ring (bicyclic) bond motifs is 1. The number of aliphatic hydroxyl groups excluding tert-OH is 1. The maximum atomic E-state index is 14.5. The third kappa shape index (κ3) is 5.72. The van der Waals surface area contributed by atoms with E-state index >= 15 is 0 Å². The van der Waals surface area contributed by atoms with E-state index in [0.717, 1.165) is 22.3 Å². The van der Waals surface area contributed by atoms with Gasteiger partial charge in [0.25, 0.3) is 5.91 Å². The Hall–Kier alpha value is -3.93. The van der Waals surface area contributed by atoms with Crippen LogP contribution < -0.4 is 5.32 Å². The van der Waals surface area contributed by atoms with Gasteiger partial charge in [0.1, 0.15) is 0 Å². The van der Waals surface area contributed by atoms with E-state index in [0.29, 0.717) is 42.8 Å². The Kier molecular flexibility index (Phi) is 8.41. The number of amides is 2. The second-order valence-corrected chi connectivity index (χ2v) is 11.8. The van der Waals surface area contributed by atoms with Gasteiger partial charge in [0.2, 0.25) is 5.91 Å². The lowest BCUT2D eigenvalue weighted by atomic mass is 9.77. The quantitative estimate of drug-likeness (QED) is 0.251. The van der Waals surface area contributed by atoms with Crippen molar-refractivity contribution in [2.45, 2.75) is 55.7 Å². The van der Waals surface area contributed by atoms with Crippen molar-refractivity contribution in [3.63, 3.8) is 0 Å². The van der Waals surface area contributed by atoms with Crippen molar-refractivity contribution >= 4 is 23.4 Å². The molecule has 2 atom stereocenters. The summed E-state index contributed by atoms with van der Waals surface area (Å²) in [5.74, 6) is -0.823. The minimum absolute atomic E-state index is 0.0262. The zero-order valence-electron chi connectivity index (χ0n) is 23.4. The number of nitrogens with zero attached hydrogens (tertiary/aromatic N) is 1. The smallest absolute Gasteiger partial charge is 0.254 e. The normalized spacial score (nSPS) is 22.1. The van der Waals surface area contributed by atoms with Crippen molar-refractivity contribution in [3.05, 3.63) is 142 Å². The van der Waals surface area contributed by atoms with E-state index in [4.69, 9.17) is 11.6 Å². The number of hydrogen-bond acceptors (Lipinski definition) is 3. The molecule has 6 rings (SSSR count). The first kappa shape index (κ1) is 28.2. The molecule has 0 aromatic heterocycles. The van der Waals surface area contributed by atoms with Gasteiger partial charge in [-0.2, -0.15) is 0 Å². The summed E-state index contributed by atoms with van der Waals surface area (Å²) in [5, 5.41) is 14.1. The first-order valence-corrected chi connectivity index (χ1v) is 15.1. The first-order chi connectivity index (χ1) is 20.5. The number of halogens is 1. The Morgan fingerprint density at radius 2 is 1.38 bits per heavy atom. The van der Waals surface area contributed by atoms with Gasteiger partial charge in [-0.3, -0.25) is 9.59 Å². The minimum Gasteiger partial charge on any atom is -0.393 e. The van der Waals surface area contributed by atoms with Crippen LogP contribution in [0.15, 0.2) is 109 Å². The van der Waals surface area contributed by atoms with Gasteiger partial charge in [0.05, 0.1) is 18.1 Å². The molecular formula is C36H35ClN2O3. The Morgan fingerprint density at radius 3 is 2.00 bits per heavy atom. The van der Waals surface area contributed by atoms with Crippen molar-refractivity contribution in [2.75, 3.05) is 6.54 Å². The summed E-state index contributed by atoms with van der Waals surface area (Å²) in [7, 11) is 0. The molecule has 0 unspecified atom stereocenters. The van der Waals surface area contributed by atoms with Gasteiger partial charge in [-0.25, -0.2) is 0 Å². The molecule has 4 aromatic carbocycles. The highest BCUT2D eigenvalue weighted by atomic mass is 35.5. The van der Waals surface area contributed by atoms with Gasteiger partial charge in [-0.1, -0.05) is 103 Å². The van der Waals surface area contributed by atoms with Gasteiger partial charge in [-0.05, 0) is 66.1 Å². The zero-order valence-corrected chi connectivity index (χ0v) is 24.2. The van der Waals surface area contributed by atoms with Crippen LogP contribution in [0.3, 0.4) is 0 Å². The Balaban J connectivity index is 1.39. The molecule has 2 aliphatic rings. The molecule has 1 fully saturated rings. The molecule has 42 heavy (non-hydrogen) atoms. The number of carbonyl (C=O) groups excluding carboxylic acids is 2. The summed E-state index contributed by atoms with van der Waals surface area (Å²) in [6.45, 7) is 0.419. The molecule has 4 aromatic rings. The van der Waals surface area contributed by atoms with Gasteiger partial charge in [0.15, 0.2) is 0 Å². The van der Waals surface area contributed by atoms with E-state index < -0.39 is 12.0 Å². The fourth-order valence-electron chi connectivity index (χ4n) is 6.70. The van der Waals surface area contributed by atoms with Crippen LogP contribution in [0.2, 0.25) is 5.02 Å². The predicted octanol–water partition coefficient (Wildman–Crippen LogP) is 6.87. The average molecular weight is 579 g/mol. The zero-order chi connectivity index (χ0) is 29.1. The molecule has 0 saturated heterocycles. The Labute approximate surface area is 252 Å². The monoisotopic (exact) mass is 578 g/mol. The number of benzene rings is 4. The average Bonchev–Trinajstić information content (AvgIpc) is 3.03. The lowest BCUT2D eigenvalue weighted by Gasteiger charge is -2.47. The van der Waals surface area contributed by atoms with Crippen LogP contribution in [0.1, 0.15) is 76.2 Å². The number of aliphatic hydroxyl groups is 1. The van der Waals surface area contributed by atoms with Crippen LogP contribution in [0, 0.1) is 0 Å². The standard InChI is InChI=1S/C36H35ClN2O3/c37-27-17-15-26(16-18-27)34-33(30-13-7-8-14-31(30)36(42)39(34)28-19-21-29(40)22-20-28)35(41)38-23-32(24-9-3-1-4-10-24)25-11-5-2-6-12-25/h1-18,28-29,32-34,40H,19-23H2,(H,38,41)/t28-,29-,33-,34+/m1/s1. The predicted molar refractivity (Wildman–Crippen MR) is 166 cm³/mol. The maximum absolute atomic E-state index is 14.5.